The molecule has 0 aliphatic carbocycles. The second-order valence-electron chi connectivity index (χ2n) is 7.31. The van der Waals surface area contributed by atoms with E-state index in [9.17, 15) is 14.4 Å². The van der Waals surface area contributed by atoms with Crippen LogP contribution < -0.4 is 10.2 Å². The van der Waals surface area contributed by atoms with Crippen LogP contribution in [0.5, 0.6) is 0 Å². The molecule has 2 aromatic rings. The highest BCUT2D eigenvalue weighted by Gasteiger charge is 2.37. The van der Waals surface area contributed by atoms with Gasteiger partial charge < -0.3 is 15.0 Å². The Kier molecular flexibility index (Phi) is 6.48. The molecule has 0 bridgehead atoms. The third-order valence-corrected chi connectivity index (χ3v) is 5.19. The van der Waals surface area contributed by atoms with E-state index < -0.39 is 24.4 Å². The first-order valence-electron chi connectivity index (χ1n) is 9.68. The highest BCUT2D eigenvalue weighted by Crippen LogP contribution is 2.29. The molecular formula is C23H23N3O4. The van der Waals surface area contributed by atoms with E-state index in [1.165, 1.54) is 0 Å². The van der Waals surface area contributed by atoms with Crippen LogP contribution in [0.1, 0.15) is 23.1 Å². The van der Waals surface area contributed by atoms with Gasteiger partial charge in [0, 0.05) is 24.3 Å². The van der Waals surface area contributed by atoms with Crippen LogP contribution in [-0.2, 0) is 25.5 Å². The molecule has 0 radical (unpaired) electrons. The van der Waals surface area contributed by atoms with Gasteiger partial charge in [-0.25, -0.2) is 0 Å². The van der Waals surface area contributed by atoms with Crippen molar-refractivity contribution in [3.8, 4) is 6.07 Å². The Balaban J connectivity index is 1.52. The molecule has 1 aliphatic heterocycles. The maximum Gasteiger partial charge on any atom is 0.311 e. The third-order valence-electron chi connectivity index (χ3n) is 5.19. The number of aryl methyl sites for hydroxylation is 1. The Hall–Kier alpha value is -3.66. The molecule has 154 valence electrons. The monoisotopic (exact) mass is 405 g/mol. The Bertz CT molecular complexity index is 1010. The van der Waals surface area contributed by atoms with Gasteiger partial charge >= 0.3 is 5.97 Å². The zero-order chi connectivity index (χ0) is 21.7. The van der Waals surface area contributed by atoms with Crippen LogP contribution in [0, 0.1) is 31.1 Å². The molecule has 2 amide bonds. The average Bonchev–Trinajstić information content (AvgIpc) is 3.11. The molecule has 0 aromatic heterocycles. The summed E-state index contributed by atoms with van der Waals surface area (Å²) in [6.07, 6.45) is 0.360. The van der Waals surface area contributed by atoms with E-state index in [1.54, 1.807) is 29.2 Å². The van der Waals surface area contributed by atoms with Crippen LogP contribution in [0.25, 0.3) is 0 Å². The van der Waals surface area contributed by atoms with E-state index in [1.807, 2.05) is 32.0 Å². The lowest BCUT2D eigenvalue weighted by Crippen LogP contribution is -2.28. The van der Waals surface area contributed by atoms with E-state index in [2.05, 4.69) is 11.4 Å². The van der Waals surface area contributed by atoms with Crippen molar-refractivity contribution >= 4 is 29.2 Å². The van der Waals surface area contributed by atoms with Crippen molar-refractivity contribution in [2.75, 3.05) is 23.4 Å². The predicted octanol–water partition coefficient (Wildman–Crippen LogP) is 2.90. The quantitative estimate of drug-likeness (QED) is 0.745. The summed E-state index contributed by atoms with van der Waals surface area (Å²) in [7, 11) is 0. The third kappa shape index (κ3) is 4.84. The molecule has 1 saturated heterocycles. The van der Waals surface area contributed by atoms with Crippen LogP contribution in [0.2, 0.25) is 0 Å². The number of nitrogens with zero attached hydrogens (tertiary/aromatic N) is 2. The molecule has 2 aromatic carbocycles. The van der Waals surface area contributed by atoms with E-state index in [-0.39, 0.29) is 18.9 Å². The summed E-state index contributed by atoms with van der Waals surface area (Å²) in [6, 6.07) is 14.6. The normalized spacial score (nSPS) is 15.6. The fraction of sp³-hybridized carbons (Fsp3) is 0.304. The van der Waals surface area contributed by atoms with Crippen molar-refractivity contribution in [1.29, 1.82) is 5.26 Å². The van der Waals surface area contributed by atoms with E-state index in [0.29, 0.717) is 12.1 Å². The van der Waals surface area contributed by atoms with Crippen molar-refractivity contribution in [3.05, 3.63) is 59.2 Å². The molecule has 1 aliphatic rings. The Morgan fingerprint density at radius 3 is 2.63 bits per heavy atom. The van der Waals surface area contributed by atoms with E-state index in [0.717, 1.165) is 22.4 Å². The minimum Gasteiger partial charge on any atom is -0.455 e. The molecule has 0 saturated carbocycles. The Morgan fingerprint density at radius 1 is 1.20 bits per heavy atom. The molecule has 0 unspecified atom stereocenters. The molecular weight excluding hydrogens is 382 g/mol. The fourth-order valence-corrected chi connectivity index (χ4v) is 3.38. The minimum absolute atomic E-state index is 0.0637. The number of ether oxygens (including phenoxy) is 1. The number of nitriles is 1. The van der Waals surface area contributed by atoms with Crippen molar-refractivity contribution in [3.63, 3.8) is 0 Å². The van der Waals surface area contributed by atoms with Gasteiger partial charge in [-0.3, -0.25) is 14.4 Å². The number of hydrogen-bond donors (Lipinski definition) is 1. The molecule has 7 nitrogen and oxygen atoms in total. The van der Waals surface area contributed by atoms with Crippen molar-refractivity contribution in [1.82, 2.24) is 0 Å². The van der Waals surface area contributed by atoms with Gasteiger partial charge in [0.15, 0.2) is 6.61 Å². The van der Waals surface area contributed by atoms with Gasteiger partial charge in [-0.1, -0.05) is 24.3 Å². The highest BCUT2D eigenvalue weighted by molar-refractivity contribution is 6.00. The smallest absolute Gasteiger partial charge is 0.311 e. The largest absolute Gasteiger partial charge is 0.455 e. The number of carbonyl (C=O) groups excluding carboxylic acids is 3. The lowest BCUT2D eigenvalue weighted by Gasteiger charge is -2.20. The molecule has 1 fully saturated rings. The zero-order valence-electron chi connectivity index (χ0n) is 17.0. The Labute approximate surface area is 175 Å². The first-order valence-corrected chi connectivity index (χ1v) is 9.68. The first-order chi connectivity index (χ1) is 14.4. The standard InChI is InChI=1S/C23H23N3O4/c1-15-4-3-5-20(16(15)2)26-13-18(12-22(26)28)23(29)30-14-21(27)25-19-8-6-17(7-9-19)10-11-24/h3-9,18H,10,12-14H2,1-2H3,(H,25,27)/t18-/m1/s1. The van der Waals surface area contributed by atoms with Gasteiger partial charge in [0.2, 0.25) is 5.91 Å². The molecule has 0 spiro atoms. The summed E-state index contributed by atoms with van der Waals surface area (Å²) < 4.78 is 5.14. The number of hydrogen-bond acceptors (Lipinski definition) is 5. The highest BCUT2D eigenvalue weighted by atomic mass is 16.5. The van der Waals surface area contributed by atoms with Crippen LogP contribution in [0.15, 0.2) is 42.5 Å². The summed E-state index contributed by atoms with van der Waals surface area (Å²) in [4.78, 5) is 38.5. The number of anilines is 2. The van der Waals surface area contributed by atoms with Crippen LogP contribution in [0.4, 0.5) is 11.4 Å². The van der Waals surface area contributed by atoms with Gasteiger partial charge in [-0.2, -0.15) is 5.26 Å². The van der Waals surface area contributed by atoms with Crippen molar-refractivity contribution in [2.24, 2.45) is 5.92 Å². The molecule has 1 atom stereocenters. The lowest BCUT2D eigenvalue weighted by atomic mass is 10.1. The predicted molar refractivity (Wildman–Crippen MR) is 112 cm³/mol. The summed E-state index contributed by atoms with van der Waals surface area (Å²) in [5, 5.41) is 11.3. The van der Waals surface area contributed by atoms with Gasteiger partial charge in [0.1, 0.15) is 0 Å². The van der Waals surface area contributed by atoms with Crippen LogP contribution in [0.3, 0.4) is 0 Å². The van der Waals surface area contributed by atoms with Gasteiger partial charge in [-0.05, 0) is 48.7 Å². The molecule has 7 heteroatoms. The SMILES string of the molecule is Cc1cccc(N2C[C@H](C(=O)OCC(=O)Nc3ccc(CC#N)cc3)CC2=O)c1C. The summed E-state index contributed by atoms with van der Waals surface area (Å²) in [5.41, 5.74) is 4.27. The number of amides is 2. The summed E-state index contributed by atoms with van der Waals surface area (Å²) in [6.45, 7) is 3.73. The average molecular weight is 405 g/mol. The maximum atomic E-state index is 12.4. The van der Waals surface area contributed by atoms with E-state index >= 15 is 0 Å². The Morgan fingerprint density at radius 2 is 1.93 bits per heavy atom. The summed E-state index contributed by atoms with van der Waals surface area (Å²) >= 11 is 0. The number of esters is 1. The lowest BCUT2D eigenvalue weighted by molar-refractivity contribution is -0.151. The zero-order valence-corrected chi connectivity index (χ0v) is 17.0. The van der Waals surface area contributed by atoms with Gasteiger partial charge in [-0.15, -0.1) is 0 Å². The maximum absolute atomic E-state index is 12.4. The van der Waals surface area contributed by atoms with Crippen LogP contribution in [-0.4, -0.2) is 30.9 Å². The molecule has 30 heavy (non-hydrogen) atoms. The first kappa shape index (κ1) is 21.1. The molecule has 1 N–H and O–H groups in total. The second-order valence-corrected chi connectivity index (χ2v) is 7.31. The second kappa shape index (κ2) is 9.23. The fourth-order valence-electron chi connectivity index (χ4n) is 3.38. The number of carbonyl (C=O) groups is 3. The van der Waals surface area contributed by atoms with E-state index in [4.69, 9.17) is 10.00 Å². The number of nitrogens with one attached hydrogen (secondary N) is 1. The van der Waals surface area contributed by atoms with Crippen molar-refractivity contribution < 1.29 is 19.1 Å². The van der Waals surface area contributed by atoms with Gasteiger partial charge in [0.05, 0.1) is 18.4 Å². The van der Waals surface area contributed by atoms with Crippen molar-refractivity contribution in [2.45, 2.75) is 26.7 Å². The summed E-state index contributed by atoms with van der Waals surface area (Å²) in [5.74, 6) is -1.76. The minimum atomic E-state index is -0.601. The number of benzene rings is 2. The number of rotatable bonds is 6. The van der Waals surface area contributed by atoms with Crippen LogP contribution >= 0.6 is 0 Å². The molecule has 3 rings (SSSR count). The topological polar surface area (TPSA) is 99.5 Å². The molecule has 1 heterocycles. The van der Waals surface area contributed by atoms with Gasteiger partial charge in [0.25, 0.3) is 5.91 Å².